The van der Waals surface area contributed by atoms with Crippen LogP contribution in [-0.2, 0) is 0 Å². The van der Waals surface area contributed by atoms with E-state index in [9.17, 15) is 0 Å². The third-order valence-electron chi connectivity index (χ3n) is 3.82. The maximum atomic E-state index is 5.83. The summed E-state index contributed by atoms with van der Waals surface area (Å²) in [7, 11) is 0. The average molecular weight is 203 g/mol. The molecule has 80 valence electrons. The summed E-state index contributed by atoms with van der Waals surface area (Å²) >= 11 is 0. The highest BCUT2D eigenvalue weighted by molar-refractivity contribution is 5.47. The van der Waals surface area contributed by atoms with E-state index in [1.54, 1.807) is 0 Å². The zero-order valence-electron chi connectivity index (χ0n) is 8.91. The second-order valence-electron chi connectivity index (χ2n) is 4.60. The van der Waals surface area contributed by atoms with Gasteiger partial charge in [-0.05, 0) is 49.3 Å². The summed E-state index contributed by atoms with van der Waals surface area (Å²) in [4.78, 5) is 0. The van der Waals surface area contributed by atoms with Crippen molar-refractivity contribution in [2.75, 3.05) is 13.2 Å². The predicted octanol–water partition coefficient (Wildman–Crippen LogP) is 2.39. The second kappa shape index (κ2) is 3.53. The van der Waals surface area contributed by atoms with Crippen LogP contribution < -0.4 is 10.5 Å². The molecule has 0 saturated heterocycles. The van der Waals surface area contributed by atoms with Gasteiger partial charge in [-0.2, -0.15) is 0 Å². The molecule has 2 N–H and O–H groups in total. The lowest BCUT2D eigenvalue weighted by Crippen LogP contribution is -2.25. The van der Waals surface area contributed by atoms with Gasteiger partial charge in [0.15, 0.2) is 0 Å². The Kier molecular flexibility index (Phi) is 2.17. The minimum Gasteiger partial charge on any atom is -0.493 e. The molecule has 0 aromatic heterocycles. The van der Waals surface area contributed by atoms with E-state index in [4.69, 9.17) is 10.5 Å². The third kappa shape index (κ3) is 1.36. The van der Waals surface area contributed by atoms with Gasteiger partial charge in [0.1, 0.15) is 5.75 Å². The van der Waals surface area contributed by atoms with Crippen molar-refractivity contribution < 1.29 is 4.74 Å². The molecular weight excluding hydrogens is 186 g/mol. The van der Waals surface area contributed by atoms with Gasteiger partial charge in [0, 0.05) is 5.56 Å². The van der Waals surface area contributed by atoms with Gasteiger partial charge in [0.25, 0.3) is 0 Å². The Morgan fingerprint density at radius 2 is 2.20 bits per heavy atom. The van der Waals surface area contributed by atoms with E-state index in [2.05, 4.69) is 18.2 Å². The summed E-state index contributed by atoms with van der Waals surface area (Å²) in [6, 6.07) is 6.44. The highest BCUT2D eigenvalue weighted by atomic mass is 16.5. The molecule has 2 nitrogen and oxygen atoms in total. The van der Waals surface area contributed by atoms with Gasteiger partial charge in [0.2, 0.25) is 0 Å². The number of benzene rings is 1. The zero-order valence-corrected chi connectivity index (χ0v) is 8.91. The summed E-state index contributed by atoms with van der Waals surface area (Å²) in [6.45, 7) is 1.65. The number of rotatable bonds is 1. The molecule has 15 heavy (non-hydrogen) atoms. The molecular formula is C13H17NO. The Morgan fingerprint density at radius 3 is 3.07 bits per heavy atom. The molecule has 0 unspecified atom stereocenters. The molecule has 0 bridgehead atoms. The van der Waals surface area contributed by atoms with Crippen LogP contribution in [0.5, 0.6) is 5.75 Å². The number of hydrogen-bond donors (Lipinski definition) is 1. The number of hydrogen-bond acceptors (Lipinski definition) is 2. The quantitative estimate of drug-likeness (QED) is 0.760. The van der Waals surface area contributed by atoms with E-state index < -0.39 is 0 Å². The summed E-state index contributed by atoms with van der Waals surface area (Å²) in [5.74, 6) is 2.40. The molecule has 2 atom stereocenters. The summed E-state index contributed by atoms with van der Waals surface area (Å²) in [5.41, 5.74) is 8.75. The smallest absolute Gasteiger partial charge is 0.123 e. The van der Waals surface area contributed by atoms with Gasteiger partial charge in [-0.25, -0.2) is 0 Å². The molecule has 3 rings (SSSR count). The van der Waals surface area contributed by atoms with Gasteiger partial charge >= 0.3 is 0 Å². The first kappa shape index (κ1) is 9.22. The van der Waals surface area contributed by atoms with Crippen LogP contribution in [0.4, 0.5) is 0 Å². The Bertz CT molecular complexity index is 375. The van der Waals surface area contributed by atoms with Crippen LogP contribution in [0.25, 0.3) is 0 Å². The molecule has 1 aromatic rings. The monoisotopic (exact) mass is 203 g/mol. The van der Waals surface area contributed by atoms with Gasteiger partial charge in [0.05, 0.1) is 6.61 Å². The normalized spacial score (nSPS) is 28.1. The van der Waals surface area contributed by atoms with Gasteiger partial charge in [-0.3, -0.25) is 0 Å². The van der Waals surface area contributed by atoms with Crippen molar-refractivity contribution in [3.63, 3.8) is 0 Å². The fraction of sp³-hybridized carbons (Fsp3) is 0.538. The summed E-state index contributed by atoms with van der Waals surface area (Å²) in [5, 5.41) is 0. The molecule has 0 amide bonds. The van der Waals surface area contributed by atoms with Crippen LogP contribution >= 0.6 is 0 Å². The Morgan fingerprint density at radius 1 is 1.27 bits per heavy atom. The van der Waals surface area contributed by atoms with Crippen molar-refractivity contribution in [2.24, 2.45) is 5.73 Å². The Balaban J connectivity index is 2.13. The Labute approximate surface area is 90.4 Å². The van der Waals surface area contributed by atoms with Crippen molar-refractivity contribution in [3.05, 3.63) is 29.3 Å². The van der Waals surface area contributed by atoms with Crippen molar-refractivity contribution in [3.8, 4) is 5.75 Å². The second-order valence-corrected chi connectivity index (χ2v) is 4.60. The van der Waals surface area contributed by atoms with Crippen molar-refractivity contribution in [1.82, 2.24) is 0 Å². The highest BCUT2D eigenvalue weighted by Crippen LogP contribution is 2.46. The highest BCUT2D eigenvalue weighted by Gasteiger charge is 2.31. The van der Waals surface area contributed by atoms with Gasteiger partial charge in [-0.15, -0.1) is 0 Å². The molecule has 0 saturated carbocycles. The first-order valence-electron chi connectivity index (χ1n) is 5.86. The molecule has 0 spiro atoms. The van der Waals surface area contributed by atoms with Crippen LogP contribution in [0.1, 0.15) is 42.2 Å². The van der Waals surface area contributed by atoms with E-state index in [-0.39, 0.29) is 0 Å². The third-order valence-corrected chi connectivity index (χ3v) is 3.82. The van der Waals surface area contributed by atoms with Gasteiger partial charge in [-0.1, -0.05) is 12.1 Å². The van der Waals surface area contributed by atoms with Gasteiger partial charge < -0.3 is 10.5 Å². The molecule has 2 heteroatoms. The van der Waals surface area contributed by atoms with Crippen LogP contribution in [0.3, 0.4) is 0 Å². The zero-order chi connectivity index (χ0) is 10.3. The summed E-state index contributed by atoms with van der Waals surface area (Å²) < 4.78 is 5.72. The lowest BCUT2D eigenvalue weighted by Gasteiger charge is -2.35. The van der Waals surface area contributed by atoms with Crippen LogP contribution in [0, 0.1) is 0 Å². The summed E-state index contributed by atoms with van der Waals surface area (Å²) in [6.07, 6.45) is 3.72. The minimum atomic E-state index is 0.554. The van der Waals surface area contributed by atoms with Crippen LogP contribution in [0.15, 0.2) is 18.2 Å². The van der Waals surface area contributed by atoms with E-state index in [0.717, 1.165) is 24.8 Å². The van der Waals surface area contributed by atoms with Crippen LogP contribution in [-0.4, -0.2) is 13.2 Å². The largest absolute Gasteiger partial charge is 0.493 e. The maximum absolute atomic E-state index is 5.83. The molecule has 1 aromatic carbocycles. The predicted molar refractivity (Wildman–Crippen MR) is 60.3 cm³/mol. The minimum absolute atomic E-state index is 0.554. The fourth-order valence-electron chi connectivity index (χ4n) is 3.03. The molecule has 0 radical (unpaired) electrons. The van der Waals surface area contributed by atoms with Crippen molar-refractivity contribution in [1.29, 1.82) is 0 Å². The fourth-order valence-corrected chi connectivity index (χ4v) is 3.03. The van der Waals surface area contributed by atoms with E-state index in [0.29, 0.717) is 5.92 Å². The van der Waals surface area contributed by atoms with E-state index >= 15 is 0 Å². The van der Waals surface area contributed by atoms with E-state index in [1.165, 1.54) is 30.4 Å². The first-order chi connectivity index (χ1) is 7.40. The SMILES string of the molecule is NC[C@@H]1CC[C@@H]2CCOc3cccc1c32. The lowest BCUT2D eigenvalue weighted by atomic mass is 9.74. The maximum Gasteiger partial charge on any atom is 0.123 e. The van der Waals surface area contributed by atoms with E-state index in [1.807, 2.05) is 0 Å². The van der Waals surface area contributed by atoms with Crippen molar-refractivity contribution >= 4 is 0 Å². The number of nitrogens with two attached hydrogens (primary N) is 1. The van der Waals surface area contributed by atoms with Crippen LogP contribution in [0.2, 0.25) is 0 Å². The number of ether oxygens (including phenoxy) is 1. The standard InChI is InChI=1S/C13H17NO/c14-8-10-5-4-9-6-7-15-12-3-1-2-11(10)13(9)12/h1-3,9-10H,4-8,14H2/t9-,10+/m1/s1. The molecule has 2 aliphatic rings. The lowest BCUT2D eigenvalue weighted by molar-refractivity contribution is 0.252. The topological polar surface area (TPSA) is 35.2 Å². The molecule has 1 aliphatic heterocycles. The molecule has 0 fully saturated rings. The molecule has 1 aliphatic carbocycles. The average Bonchev–Trinajstić information content (AvgIpc) is 2.30. The van der Waals surface area contributed by atoms with Crippen molar-refractivity contribution in [2.45, 2.75) is 31.1 Å². The first-order valence-corrected chi connectivity index (χ1v) is 5.86. The Hall–Kier alpha value is -1.02. The molecule has 1 heterocycles.